The maximum absolute atomic E-state index is 7.79. The van der Waals surface area contributed by atoms with Crippen LogP contribution >= 0.6 is 0 Å². The largest absolute Gasteiger partial charge is 0.388 e. The lowest BCUT2D eigenvalue weighted by molar-refractivity contribution is 0.176. The molecule has 3 rings (SSSR count). The molecule has 0 aromatic heterocycles. The summed E-state index contributed by atoms with van der Waals surface area (Å²) in [6.07, 6.45) is 11.0. The van der Waals surface area contributed by atoms with Crippen molar-refractivity contribution < 1.29 is 4.84 Å². The van der Waals surface area contributed by atoms with Gasteiger partial charge in [-0.2, -0.15) is 0 Å². The molecule has 3 N–H and O–H groups in total. The van der Waals surface area contributed by atoms with Gasteiger partial charge in [0.15, 0.2) is 18.4 Å². The van der Waals surface area contributed by atoms with Gasteiger partial charge in [-0.3, -0.25) is 5.41 Å². The normalized spacial score (nSPS) is 19.0. The summed E-state index contributed by atoms with van der Waals surface area (Å²) in [5.41, 5.74) is 10.3. The van der Waals surface area contributed by atoms with E-state index in [1.54, 1.807) is 0 Å². The standard InChI is InChI=1S/C23H35N5O/c1-3-4-5-6-7-8-10-18-12-13-19(15-17(18)2)22-26-20(16-29-27-22)21-11-9-14-28(21)23(24)25/h12-13,15,21H,3-11,14,16H2,1-2H3,(H3,24,25)/t21-/m0/s1. The van der Waals surface area contributed by atoms with E-state index in [1.807, 2.05) is 4.90 Å². The van der Waals surface area contributed by atoms with Gasteiger partial charge in [-0.1, -0.05) is 56.3 Å². The van der Waals surface area contributed by atoms with E-state index >= 15 is 0 Å². The SMILES string of the molecule is CCCCCCCCc1ccc(C2=NOCC([C@@H]3CCCN3C(=N)N)=N2)cc1C. The molecule has 2 aliphatic heterocycles. The fourth-order valence-electron chi connectivity index (χ4n) is 4.25. The van der Waals surface area contributed by atoms with Crippen LogP contribution in [0.25, 0.3) is 0 Å². The van der Waals surface area contributed by atoms with Crippen molar-refractivity contribution in [2.24, 2.45) is 15.9 Å². The van der Waals surface area contributed by atoms with Crippen molar-refractivity contribution in [1.82, 2.24) is 4.90 Å². The van der Waals surface area contributed by atoms with E-state index in [-0.39, 0.29) is 12.0 Å². The molecule has 0 aliphatic carbocycles. The summed E-state index contributed by atoms with van der Waals surface area (Å²) in [6, 6.07) is 6.52. The number of aryl methyl sites for hydroxylation is 2. The second-order valence-corrected chi connectivity index (χ2v) is 8.19. The summed E-state index contributed by atoms with van der Waals surface area (Å²) in [5.74, 6) is 0.727. The Kier molecular flexibility index (Phi) is 7.67. The molecule has 1 aromatic carbocycles. The number of nitrogens with zero attached hydrogens (tertiary/aromatic N) is 3. The number of unbranched alkanes of at least 4 members (excludes halogenated alkanes) is 5. The second kappa shape index (κ2) is 10.4. The summed E-state index contributed by atoms with van der Waals surface area (Å²) in [6.45, 7) is 5.59. The Hall–Kier alpha value is -2.37. The zero-order valence-corrected chi connectivity index (χ0v) is 17.9. The average molecular weight is 398 g/mol. The van der Waals surface area contributed by atoms with Crippen LogP contribution in [0.2, 0.25) is 0 Å². The third kappa shape index (κ3) is 5.58. The lowest BCUT2D eigenvalue weighted by Gasteiger charge is -2.26. The highest BCUT2D eigenvalue weighted by Crippen LogP contribution is 2.22. The summed E-state index contributed by atoms with van der Waals surface area (Å²) in [7, 11) is 0. The first-order valence-corrected chi connectivity index (χ1v) is 11.1. The van der Waals surface area contributed by atoms with Gasteiger partial charge in [-0.15, -0.1) is 0 Å². The molecule has 0 bridgehead atoms. The number of oxime groups is 1. The molecule has 0 radical (unpaired) electrons. The molecule has 6 heteroatoms. The molecule has 2 aliphatic rings. The molecule has 1 fully saturated rings. The van der Waals surface area contributed by atoms with Crippen LogP contribution in [0.1, 0.15) is 75.0 Å². The lowest BCUT2D eigenvalue weighted by Crippen LogP contribution is -2.45. The van der Waals surface area contributed by atoms with Crippen molar-refractivity contribution in [3.8, 4) is 0 Å². The Morgan fingerprint density at radius 3 is 2.79 bits per heavy atom. The summed E-state index contributed by atoms with van der Waals surface area (Å²) >= 11 is 0. The van der Waals surface area contributed by atoms with Gasteiger partial charge >= 0.3 is 0 Å². The summed E-state index contributed by atoms with van der Waals surface area (Å²) < 4.78 is 0. The molecule has 1 saturated heterocycles. The monoisotopic (exact) mass is 397 g/mol. The highest BCUT2D eigenvalue weighted by atomic mass is 16.6. The molecular weight excluding hydrogens is 362 g/mol. The highest BCUT2D eigenvalue weighted by molar-refractivity contribution is 6.10. The van der Waals surface area contributed by atoms with E-state index in [4.69, 9.17) is 21.0 Å². The van der Waals surface area contributed by atoms with Gasteiger partial charge in [0.1, 0.15) is 0 Å². The third-order valence-electron chi connectivity index (χ3n) is 5.96. The molecule has 0 unspecified atom stereocenters. The van der Waals surface area contributed by atoms with E-state index in [2.05, 4.69) is 37.2 Å². The molecule has 29 heavy (non-hydrogen) atoms. The Morgan fingerprint density at radius 1 is 1.24 bits per heavy atom. The molecule has 2 heterocycles. The van der Waals surface area contributed by atoms with Crippen molar-refractivity contribution in [2.75, 3.05) is 13.2 Å². The minimum atomic E-state index is 0.0473. The van der Waals surface area contributed by atoms with Crippen LogP contribution in [0, 0.1) is 12.3 Å². The number of benzene rings is 1. The Balaban J connectivity index is 1.63. The number of hydrogen-bond acceptors (Lipinski definition) is 4. The predicted molar refractivity (Wildman–Crippen MR) is 120 cm³/mol. The van der Waals surface area contributed by atoms with Gasteiger partial charge in [0.2, 0.25) is 0 Å². The number of nitrogens with one attached hydrogen (secondary N) is 1. The van der Waals surface area contributed by atoms with Crippen molar-refractivity contribution in [2.45, 2.75) is 77.7 Å². The van der Waals surface area contributed by atoms with Crippen LogP contribution in [0.4, 0.5) is 0 Å². The number of nitrogens with two attached hydrogens (primary N) is 1. The minimum absolute atomic E-state index is 0.0473. The van der Waals surface area contributed by atoms with Gasteiger partial charge < -0.3 is 15.5 Å². The van der Waals surface area contributed by atoms with Crippen molar-refractivity contribution >= 4 is 17.5 Å². The lowest BCUT2D eigenvalue weighted by atomic mass is 9.99. The zero-order chi connectivity index (χ0) is 20.6. The number of amidine groups is 1. The van der Waals surface area contributed by atoms with Gasteiger partial charge in [0.05, 0.1) is 11.8 Å². The number of guanidine groups is 1. The molecule has 158 valence electrons. The van der Waals surface area contributed by atoms with E-state index in [9.17, 15) is 0 Å². The quantitative estimate of drug-likeness (QED) is 0.368. The van der Waals surface area contributed by atoms with E-state index in [1.165, 1.54) is 49.7 Å². The number of aliphatic imine (C=N–C) groups is 1. The number of likely N-dealkylation sites (tertiary alicyclic amines) is 1. The molecule has 0 spiro atoms. The average Bonchev–Trinajstić information content (AvgIpc) is 3.22. The first-order chi connectivity index (χ1) is 14.1. The van der Waals surface area contributed by atoms with Crippen LogP contribution < -0.4 is 5.73 Å². The van der Waals surface area contributed by atoms with Gasteiger partial charge in [0, 0.05) is 12.1 Å². The third-order valence-corrected chi connectivity index (χ3v) is 5.96. The van der Waals surface area contributed by atoms with Crippen molar-refractivity contribution in [3.05, 3.63) is 34.9 Å². The fourth-order valence-corrected chi connectivity index (χ4v) is 4.25. The molecule has 1 aromatic rings. The molecule has 1 atom stereocenters. The van der Waals surface area contributed by atoms with Crippen LogP contribution in [-0.4, -0.2) is 41.6 Å². The molecule has 6 nitrogen and oxygen atoms in total. The number of rotatable bonds is 9. The first-order valence-electron chi connectivity index (χ1n) is 11.1. The van der Waals surface area contributed by atoms with Crippen LogP contribution in [0.3, 0.4) is 0 Å². The minimum Gasteiger partial charge on any atom is -0.388 e. The maximum atomic E-state index is 7.79. The first kappa shape index (κ1) is 21.3. The summed E-state index contributed by atoms with van der Waals surface area (Å²) in [5, 5.41) is 12.0. The number of hydrogen-bond donors (Lipinski definition) is 2. The Morgan fingerprint density at radius 2 is 2.03 bits per heavy atom. The van der Waals surface area contributed by atoms with Crippen molar-refractivity contribution in [3.63, 3.8) is 0 Å². The predicted octanol–water partition coefficient (Wildman–Crippen LogP) is 4.39. The van der Waals surface area contributed by atoms with E-state index in [0.29, 0.717) is 12.4 Å². The smallest absolute Gasteiger partial charge is 0.198 e. The van der Waals surface area contributed by atoms with Crippen LogP contribution in [0.15, 0.2) is 28.3 Å². The highest BCUT2D eigenvalue weighted by Gasteiger charge is 2.31. The van der Waals surface area contributed by atoms with Gasteiger partial charge in [-0.05, 0) is 49.8 Å². The van der Waals surface area contributed by atoms with Crippen LogP contribution in [-0.2, 0) is 11.3 Å². The van der Waals surface area contributed by atoms with Crippen molar-refractivity contribution in [1.29, 1.82) is 5.41 Å². The zero-order valence-electron chi connectivity index (χ0n) is 17.9. The molecular formula is C23H35N5O. The van der Waals surface area contributed by atoms with Gasteiger partial charge in [0.25, 0.3) is 0 Å². The molecule has 0 amide bonds. The fraction of sp³-hybridized carbons (Fsp3) is 0.609. The topological polar surface area (TPSA) is 87.1 Å². The van der Waals surface area contributed by atoms with Gasteiger partial charge in [-0.25, -0.2) is 4.99 Å². The molecule has 0 saturated carbocycles. The second-order valence-electron chi connectivity index (χ2n) is 8.19. The van der Waals surface area contributed by atoms with E-state index in [0.717, 1.165) is 37.1 Å². The van der Waals surface area contributed by atoms with Crippen LogP contribution in [0.5, 0.6) is 0 Å². The summed E-state index contributed by atoms with van der Waals surface area (Å²) in [4.78, 5) is 12.2. The Bertz CT molecular complexity index is 771. The van der Waals surface area contributed by atoms with E-state index < -0.39 is 0 Å². The maximum Gasteiger partial charge on any atom is 0.198 e. The Labute approximate surface area is 174 Å².